The van der Waals surface area contributed by atoms with E-state index in [9.17, 15) is 5.11 Å². The van der Waals surface area contributed by atoms with Crippen LogP contribution in [0.25, 0.3) is 0 Å². The van der Waals surface area contributed by atoms with Crippen LogP contribution in [0.4, 0.5) is 0 Å². The van der Waals surface area contributed by atoms with Crippen LogP contribution in [0.1, 0.15) is 55.6 Å². The van der Waals surface area contributed by atoms with Gasteiger partial charge in [0, 0.05) is 0 Å². The van der Waals surface area contributed by atoms with E-state index in [0.29, 0.717) is 0 Å². The zero-order chi connectivity index (χ0) is 70.6. The second kappa shape index (κ2) is 39.6. The zero-order valence-corrected chi connectivity index (χ0v) is 58.3. The third kappa shape index (κ3) is 21.6. The van der Waals surface area contributed by atoms with Crippen molar-refractivity contribution < 1.29 is 76.2 Å². The van der Waals surface area contributed by atoms with Gasteiger partial charge in [0.25, 0.3) is 0 Å². The third-order valence-corrected chi connectivity index (χ3v) is 18.6. The number of benzene rings is 10. The molecule has 0 aliphatic carbocycles. The molecule has 15 atom stereocenters. The summed E-state index contributed by atoms with van der Waals surface area (Å²) in [6.07, 6.45) is -15.6. The van der Waals surface area contributed by atoms with Crippen molar-refractivity contribution >= 4 is 0 Å². The summed E-state index contributed by atoms with van der Waals surface area (Å²) in [6, 6.07) is 99.4. The van der Waals surface area contributed by atoms with Crippen LogP contribution in [-0.4, -0.2) is 117 Å². The number of aliphatic hydroxyl groups excluding tert-OH is 1. The highest BCUT2D eigenvalue weighted by molar-refractivity contribution is 5.21. The fourth-order valence-corrected chi connectivity index (χ4v) is 13.1. The first-order valence-corrected chi connectivity index (χ1v) is 35.9. The standard InChI is InChI=1S/C88H92O16/c89-77-81(94-55-68-39-19-5-20-40-68)78(92-53-66-35-15-3-16-36-66)74(61-90-51-64-31-11-1-12-32-64)101-86(77)100-63-76-79(93-54-67-37-17-4-18-38-67)82(95-56-69-41-21-6-22-42-69)85(98-59-72-47-27-9-28-48-72)88(103-76)104-80-75(62-91-52-65-33-13-2-14-34-65)102-87(99-60-73-49-29-10-30-50-73)84(97-58-71-45-25-8-26-46-71)83(80)96-57-70-43-23-7-24-44-70/h1-50,74-89H,51-63H2/t74-,75-,76-,77-,78-,79+,80-,81-,82+,83+,84-,85-,86-,87-,88+/m1/s1. The van der Waals surface area contributed by atoms with Gasteiger partial charge < -0.3 is 76.2 Å². The van der Waals surface area contributed by atoms with Crippen LogP contribution >= 0.6 is 0 Å². The van der Waals surface area contributed by atoms with Crippen molar-refractivity contribution in [2.45, 2.75) is 158 Å². The van der Waals surface area contributed by atoms with Crippen LogP contribution in [0, 0.1) is 0 Å². The lowest BCUT2D eigenvalue weighted by Crippen LogP contribution is -2.67. The molecule has 0 amide bonds. The lowest BCUT2D eigenvalue weighted by Gasteiger charge is -2.50. The van der Waals surface area contributed by atoms with Crippen LogP contribution in [0.2, 0.25) is 0 Å². The average molecular weight is 1410 g/mol. The van der Waals surface area contributed by atoms with E-state index in [1.165, 1.54) is 0 Å². The first-order valence-electron chi connectivity index (χ1n) is 35.9. The molecule has 13 rings (SSSR count). The molecule has 0 saturated carbocycles. The molecule has 540 valence electrons. The third-order valence-electron chi connectivity index (χ3n) is 18.6. The van der Waals surface area contributed by atoms with Gasteiger partial charge in [-0.15, -0.1) is 0 Å². The Morgan fingerprint density at radius 3 is 0.779 bits per heavy atom. The zero-order valence-electron chi connectivity index (χ0n) is 58.3. The van der Waals surface area contributed by atoms with Crippen molar-refractivity contribution in [3.05, 3.63) is 359 Å². The normalized spacial score (nSPS) is 24.8. The predicted octanol–water partition coefficient (Wildman–Crippen LogP) is 14.7. The van der Waals surface area contributed by atoms with E-state index < -0.39 is 92.1 Å². The number of ether oxygens (including phenoxy) is 15. The lowest BCUT2D eigenvalue weighted by molar-refractivity contribution is -0.383. The number of hydrogen-bond acceptors (Lipinski definition) is 16. The second-order valence-corrected chi connectivity index (χ2v) is 26.2. The summed E-state index contributed by atoms with van der Waals surface area (Å²) in [5.74, 6) is 0. The Morgan fingerprint density at radius 1 is 0.202 bits per heavy atom. The Hall–Kier alpha value is -8.44. The van der Waals surface area contributed by atoms with Crippen LogP contribution in [0.5, 0.6) is 0 Å². The molecule has 3 aliphatic rings. The van der Waals surface area contributed by atoms with Gasteiger partial charge in [0.05, 0.1) is 85.9 Å². The summed E-state index contributed by atoms with van der Waals surface area (Å²) in [7, 11) is 0. The van der Waals surface area contributed by atoms with Crippen molar-refractivity contribution in [2.75, 3.05) is 19.8 Å². The number of aliphatic hydroxyl groups is 1. The largest absolute Gasteiger partial charge is 0.385 e. The molecule has 10 aromatic carbocycles. The highest BCUT2D eigenvalue weighted by Gasteiger charge is 2.56. The lowest BCUT2D eigenvalue weighted by atomic mass is 9.95. The van der Waals surface area contributed by atoms with Gasteiger partial charge in [0.1, 0.15) is 73.2 Å². The minimum atomic E-state index is -1.42. The molecule has 16 nitrogen and oxygen atoms in total. The van der Waals surface area contributed by atoms with E-state index in [-0.39, 0.29) is 85.9 Å². The highest BCUT2D eigenvalue weighted by Crippen LogP contribution is 2.39. The molecule has 16 heteroatoms. The van der Waals surface area contributed by atoms with Crippen molar-refractivity contribution in [1.82, 2.24) is 0 Å². The minimum absolute atomic E-state index is 0.0175. The van der Waals surface area contributed by atoms with E-state index in [4.69, 9.17) is 71.1 Å². The Labute approximate surface area is 610 Å². The van der Waals surface area contributed by atoms with E-state index in [1.54, 1.807) is 0 Å². The van der Waals surface area contributed by atoms with Gasteiger partial charge in [0.2, 0.25) is 0 Å². The van der Waals surface area contributed by atoms with Gasteiger partial charge >= 0.3 is 0 Å². The minimum Gasteiger partial charge on any atom is -0.385 e. The molecule has 0 spiro atoms. The van der Waals surface area contributed by atoms with Crippen LogP contribution in [-0.2, 0) is 137 Å². The molecule has 3 fully saturated rings. The summed E-state index contributed by atoms with van der Waals surface area (Å²) >= 11 is 0. The molecule has 0 aromatic heterocycles. The van der Waals surface area contributed by atoms with Crippen molar-refractivity contribution in [3.8, 4) is 0 Å². The topological polar surface area (TPSA) is 159 Å². The molecule has 10 aromatic rings. The van der Waals surface area contributed by atoms with E-state index in [0.717, 1.165) is 55.6 Å². The predicted molar refractivity (Wildman–Crippen MR) is 391 cm³/mol. The Balaban J connectivity index is 0.897. The quantitative estimate of drug-likeness (QED) is 0.0392. The smallest absolute Gasteiger partial charge is 0.187 e. The molecule has 1 N–H and O–H groups in total. The van der Waals surface area contributed by atoms with E-state index in [1.807, 2.05) is 303 Å². The fraction of sp³-hybridized carbons (Fsp3) is 0.318. The van der Waals surface area contributed by atoms with Gasteiger partial charge in [-0.3, -0.25) is 0 Å². The average Bonchev–Trinajstić information content (AvgIpc) is 0.766. The maximum absolute atomic E-state index is 13.0. The molecule has 3 heterocycles. The molecule has 0 unspecified atom stereocenters. The van der Waals surface area contributed by atoms with Crippen LogP contribution in [0.15, 0.2) is 303 Å². The summed E-state index contributed by atoms with van der Waals surface area (Å²) in [5.41, 5.74) is 9.26. The molecule has 104 heavy (non-hydrogen) atoms. The maximum atomic E-state index is 13.0. The van der Waals surface area contributed by atoms with Gasteiger partial charge in [-0.2, -0.15) is 0 Å². The van der Waals surface area contributed by atoms with Crippen molar-refractivity contribution in [1.29, 1.82) is 0 Å². The monoisotopic (exact) mass is 1400 g/mol. The van der Waals surface area contributed by atoms with Crippen LogP contribution < -0.4 is 0 Å². The summed E-state index contributed by atoms with van der Waals surface area (Å²) in [6.45, 7) is 1.68. The number of hydrogen-bond donors (Lipinski definition) is 1. The molecule has 0 bridgehead atoms. The Kier molecular flexibility index (Phi) is 28.1. The van der Waals surface area contributed by atoms with Gasteiger partial charge in [-0.05, 0) is 55.6 Å². The maximum Gasteiger partial charge on any atom is 0.187 e. The van der Waals surface area contributed by atoms with Gasteiger partial charge in [0.15, 0.2) is 18.9 Å². The molecular weight excluding hydrogens is 1310 g/mol. The molecule has 0 radical (unpaired) electrons. The SMILES string of the molecule is O[C@H]1[C@H](OC[C@H]2O[C@@H](O[C@H]3[C@H](OCc4ccccc4)[C@@H](OCc4ccccc4)[C@H](OCc4ccccc4)O[C@@H]3COCc3ccccc3)[C@H](OCc3ccccc3)[C@@H](OCc3ccccc3)[C@H]2OCc2ccccc2)O[C@H](COCc2ccccc2)[C@@H](OCc2ccccc2)[C@@H]1OCc1ccccc1. The van der Waals surface area contributed by atoms with E-state index in [2.05, 4.69) is 0 Å². The number of rotatable bonds is 37. The van der Waals surface area contributed by atoms with Crippen molar-refractivity contribution in [3.63, 3.8) is 0 Å². The summed E-state index contributed by atoms with van der Waals surface area (Å²) < 4.78 is 107. The Morgan fingerprint density at radius 2 is 0.433 bits per heavy atom. The molecule has 3 aliphatic heterocycles. The van der Waals surface area contributed by atoms with Crippen molar-refractivity contribution in [2.24, 2.45) is 0 Å². The summed E-state index contributed by atoms with van der Waals surface area (Å²) in [4.78, 5) is 0. The highest BCUT2D eigenvalue weighted by atomic mass is 16.8. The van der Waals surface area contributed by atoms with Crippen LogP contribution in [0.3, 0.4) is 0 Å². The first-order chi connectivity index (χ1) is 51.5. The second-order valence-electron chi connectivity index (χ2n) is 26.2. The molecule has 3 saturated heterocycles. The first kappa shape index (κ1) is 73.9. The Bertz CT molecular complexity index is 3960. The van der Waals surface area contributed by atoms with Gasteiger partial charge in [-0.1, -0.05) is 303 Å². The van der Waals surface area contributed by atoms with Gasteiger partial charge in [-0.25, -0.2) is 0 Å². The summed E-state index contributed by atoms with van der Waals surface area (Å²) in [5, 5.41) is 13.0. The van der Waals surface area contributed by atoms with E-state index >= 15 is 0 Å². The fourth-order valence-electron chi connectivity index (χ4n) is 13.1. The molecular formula is C88H92O16.